The number of aryl methyl sites for hydroxylation is 2. The summed E-state index contributed by atoms with van der Waals surface area (Å²) in [6.07, 6.45) is 0. The molecule has 1 heterocycles. The fraction of sp³-hybridized carbons (Fsp3) is 0.500. The van der Waals surface area contributed by atoms with Crippen LogP contribution in [0.15, 0.2) is 12.1 Å². The van der Waals surface area contributed by atoms with Crippen LogP contribution in [0.1, 0.15) is 11.1 Å². The maximum atomic E-state index is 9.91. The number of nitrogens with one attached hydrogen (secondary N) is 1. The zero-order chi connectivity index (χ0) is 10.8. The highest BCUT2D eigenvalue weighted by molar-refractivity contribution is 5.61. The molecule has 3 heteroatoms. The molecule has 1 saturated heterocycles. The largest absolute Gasteiger partial charge is 0.506 e. The van der Waals surface area contributed by atoms with E-state index in [4.69, 9.17) is 0 Å². The van der Waals surface area contributed by atoms with Crippen molar-refractivity contribution in [2.45, 2.75) is 13.8 Å². The zero-order valence-corrected chi connectivity index (χ0v) is 9.38. The Labute approximate surface area is 90.7 Å². The molecule has 0 saturated carbocycles. The molecule has 0 bridgehead atoms. The summed E-state index contributed by atoms with van der Waals surface area (Å²) in [5.74, 6) is 0.403. The van der Waals surface area contributed by atoms with E-state index in [2.05, 4.69) is 23.2 Å². The summed E-state index contributed by atoms with van der Waals surface area (Å²) in [4.78, 5) is 2.23. The molecule has 0 radical (unpaired) electrons. The molecule has 1 aliphatic heterocycles. The van der Waals surface area contributed by atoms with Crippen molar-refractivity contribution in [3.05, 3.63) is 23.3 Å². The van der Waals surface area contributed by atoms with E-state index in [9.17, 15) is 5.11 Å². The number of hydrogen-bond acceptors (Lipinski definition) is 3. The van der Waals surface area contributed by atoms with E-state index in [0.717, 1.165) is 37.4 Å². The van der Waals surface area contributed by atoms with Crippen LogP contribution < -0.4 is 10.2 Å². The lowest BCUT2D eigenvalue weighted by Gasteiger charge is -2.30. The second-order valence-electron chi connectivity index (χ2n) is 4.16. The van der Waals surface area contributed by atoms with Crippen LogP contribution in [0, 0.1) is 13.8 Å². The fourth-order valence-electron chi connectivity index (χ4n) is 1.94. The average molecular weight is 206 g/mol. The normalized spacial score (nSPS) is 16.8. The van der Waals surface area contributed by atoms with E-state index in [1.165, 1.54) is 5.56 Å². The Morgan fingerprint density at radius 2 is 1.73 bits per heavy atom. The van der Waals surface area contributed by atoms with Crippen molar-refractivity contribution in [3.63, 3.8) is 0 Å². The van der Waals surface area contributed by atoms with E-state index in [1.807, 2.05) is 13.0 Å². The summed E-state index contributed by atoms with van der Waals surface area (Å²) in [5.41, 5.74) is 3.35. The summed E-state index contributed by atoms with van der Waals surface area (Å²) in [5, 5.41) is 13.2. The van der Waals surface area contributed by atoms with Crippen molar-refractivity contribution in [3.8, 4) is 5.75 Å². The molecule has 0 unspecified atom stereocenters. The van der Waals surface area contributed by atoms with Crippen LogP contribution >= 0.6 is 0 Å². The molecule has 82 valence electrons. The Morgan fingerprint density at radius 3 is 2.40 bits per heavy atom. The molecule has 1 aromatic rings. The SMILES string of the molecule is Cc1cc(O)c(N2CCNCC2)cc1C. The molecule has 0 aliphatic carbocycles. The number of anilines is 1. The van der Waals surface area contributed by atoms with E-state index in [1.54, 1.807) is 0 Å². The lowest BCUT2D eigenvalue weighted by atomic mass is 10.1. The molecular weight excluding hydrogens is 188 g/mol. The number of phenolic OH excluding ortho intramolecular Hbond substituents is 1. The van der Waals surface area contributed by atoms with Gasteiger partial charge in [0.05, 0.1) is 5.69 Å². The quantitative estimate of drug-likeness (QED) is 0.729. The van der Waals surface area contributed by atoms with Crippen molar-refractivity contribution in [1.82, 2.24) is 5.32 Å². The van der Waals surface area contributed by atoms with Gasteiger partial charge in [-0.15, -0.1) is 0 Å². The Hall–Kier alpha value is -1.22. The van der Waals surface area contributed by atoms with Gasteiger partial charge in [0, 0.05) is 26.2 Å². The average Bonchev–Trinajstić information content (AvgIpc) is 2.25. The minimum Gasteiger partial charge on any atom is -0.506 e. The minimum absolute atomic E-state index is 0.403. The predicted octanol–water partition coefficient (Wildman–Crippen LogP) is 1.42. The Kier molecular flexibility index (Phi) is 2.82. The zero-order valence-electron chi connectivity index (χ0n) is 9.38. The first-order valence-corrected chi connectivity index (χ1v) is 5.44. The number of rotatable bonds is 1. The molecule has 0 aromatic heterocycles. The van der Waals surface area contributed by atoms with E-state index in [-0.39, 0.29) is 0 Å². The molecule has 1 aromatic carbocycles. The van der Waals surface area contributed by atoms with Gasteiger partial charge in [-0.05, 0) is 37.1 Å². The van der Waals surface area contributed by atoms with Crippen LogP contribution in [0.3, 0.4) is 0 Å². The monoisotopic (exact) mass is 206 g/mol. The predicted molar refractivity (Wildman–Crippen MR) is 62.7 cm³/mol. The number of aromatic hydroxyl groups is 1. The third kappa shape index (κ3) is 2.07. The van der Waals surface area contributed by atoms with E-state index >= 15 is 0 Å². The van der Waals surface area contributed by atoms with Gasteiger partial charge < -0.3 is 15.3 Å². The van der Waals surface area contributed by atoms with Crippen LogP contribution in [0.5, 0.6) is 5.75 Å². The summed E-state index contributed by atoms with van der Waals surface area (Å²) in [6.45, 7) is 8.03. The van der Waals surface area contributed by atoms with Gasteiger partial charge in [0.15, 0.2) is 0 Å². The highest BCUT2D eigenvalue weighted by atomic mass is 16.3. The molecule has 3 nitrogen and oxygen atoms in total. The third-order valence-corrected chi connectivity index (χ3v) is 3.05. The lowest BCUT2D eigenvalue weighted by Crippen LogP contribution is -2.43. The molecule has 0 amide bonds. The molecule has 0 atom stereocenters. The smallest absolute Gasteiger partial charge is 0.139 e. The van der Waals surface area contributed by atoms with Gasteiger partial charge in [-0.1, -0.05) is 0 Å². The van der Waals surface area contributed by atoms with Crippen LogP contribution in [0.25, 0.3) is 0 Å². The van der Waals surface area contributed by atoms with Crippen molar-refractivity contribution in [2.75, 3.05) is 31.1 Å². The summed E-state index contributed by atoms with van der Waals surface area (Å²) in [7, 11) is 0. The van der Waals surface area contributed by atoms with E-state index < -0.39 is 0 Å². The van der Waals surface area contributed by atoms with Gasteiger partial charge in [0.2, 0.25) is 0 Å². The summed E-state index contributed by atoms with van der Waals surface area (Å²) < 4.78 is 0. The number of hydrogen-bond donors (Lipinski definition) is 2. The molecule has 15 heavy (non-hydrogen) atoms. The van der Waals surface area contributed by atoms with E-state index in [0.29, 0.717) is 5.75 Å². The Morgan fingerprint density at radius 1 is 1.13 bits per heavy atom. The maximum absolute atomic E-state index is 9.91. The maximum Gasteiger partial charge on any atom is 0.139 e. The Bertz CT molecular complexity index is 357. The van der Waals surface area contributed by atoms with Gasteiger partial charge in [0.1, 0.15) is 5.75 Å². The molecule has 1 aliphatic rings. The standard InChI is InChI=1S/C12H18N2O/c1-9-7-11(12(15)8-10(9)2)14-5-3-13-4-6-14/h7-8,13,15H,3-6H2,1-2H3. The number of benzene rings is 1. The Balaban J connectivity index is 2.30. The number of phenols is 1. The number of nitrogens with zero attached hydrogens (tertiary/aromatic N) is 1. The van der Waals surface area contributed by atoms with Gasteiger partial charge in [-0.25, -0.2) is 0 Å². The van der Waals surface area contributed by atoms with Crippen molar-refractivity contribution < 1.29 is 5.11 Å². The minimum atomic E-state index is 0.403. The van der Waals surface area contributed by atoms with Gasteiger partial charge in [0.25, 0.3) is 0 Å². The topological polar surface area (TPSA) is 35.5 Å². The van der Waals surface area contributed by atoms with Crippen LogP contribution in [0.2, 0.25) is 0 Å². The molecule has 2 rings (SSSR count). The first-order valence-electron chi connectivity index (χ1n) is 5.44. The highest BCUT2D eigenvalue weighted by Gasteiger charge is 2.14. The molecular formula is C12H18N2O. The van der Waals surface area contributed by atoms with Gasteiger partial charge >= 0.3 is 0 Å². The molecule has 1 fully saturated rings. The van der Waals surface area contributed by atoms with Crippen LogP contribution in [-0.4, -0.2) is 31.3 Å². The van der Waals surface area contributed by atoms with Crippen molar-refractivity contribution in [2.24, 2.45) is 0 Å². The second kappa shape index (κ2) is 4.11. The van der Waals surface area contributed by atoms with Gasteiger partial charge in [-0.3, -0.25) is 0 Å². The van der Waals surface area contributed by atoms with Crippen LogP contribution in [-0.2, 0) is 0 Å². The van der Waals surface area contributed by atoms with Gasteiger partial charge in [-0.2, -0.15) is 0 Å². The molecule has 2 N–H and O–H groups in total. The van der Waals surface area contributed by atoms with Crippen molar-refractivity contribution >= 4 is 5.69 Å². The summed E-state index contributed by atoms with van der Waals surface area (Å²) >= 11 is 0. The third-order valence-electron chi connectivity index (χ3n) is 3.05. The lowest BCUT2D eigenvalue weighted by molar-refractivity contribution is 0.470. The summed E-state index contributed by atoms with van der Waals surface area (Å²) in [6, 6.07) is 3.93. The van der Waals surface area contributed by atoms with Crippen molar-refractivity contribution in [1.29, 1.82) is 0 Å². The molecule has 0 spiro atoms. The van der Waals surface area contributed by atoms with Crippen LogP contribution in [0.4, 0.5) is 5.69 Å². The highest BCUT2D eigenvalue weighted by Crippen LogP contribution is 2.30. The first-order chi connectivity index (χ1) is 7.18. The fourth-order valence-corrected chi connectivity index (χ4v) is 1.94. The first kappa shape index (κ1) is 10.3. The second-order valence-corrected chi connectivity index (χ2v) is 4.16. The number of piperazine rings is 1.